The van der Waals surface area contributed by atoms with E-state index in [1.165, 1.54) is 4.88 Å². The SMILES string of the molecule is CCCC(CNC(=O)OC(C)(C)C)NC(C)c1sc(C)nc1C. The molecule has 1 heterocycles. The summed E-state index contributed by atoms with van der Waals surface area (Å²) in [7, 11) is 0. The van der Waals surface area contributed by atoms with Gasteiger partial charge < -0.3 is 15.4 Å². The second-order valence-electron chi connectivity index (χ2n) is 6.94. The minimum absolute atomic E-state index is 0.212. The van der Waals surface area contributed by atoms with E-state index in [0.29, 0.717) is 6.54 Å². The van der Waals surface area contributed by atoms with Crippen LogP contribution in [0.3, 0.4) is 0 Å². The van der Waals surface area contributed by atoms with E-state index in [1.54, 1.807) is 11.3 Å². The number of hydrogen-bond donors (Lipinski definition) is 2. The normalized spacial score (nSPS) is 14.4. The zero-order valence-corrected chi connectivity index (χ0v) is 16.3. The highest BCUT2D eigenvalue weighted by atomic mass is 32.1. The summed E-state index contributed by atoms with van der Waals surface area (Å²) in [5.74, 6) is 0. The third-order valence-corrected chi connectivity index (χ3v) is 4.60. The number of nitrogens with zero attached hydrogens (tertiary/aromatic N) is 1. The molecule has 6 heteroatoms. The summed E-state index contributed by atoms with van der Waals surface area (Å²) in [6, 6.07) is 0.433. The number of alkyl carbamates (subject to hydrolysis) is 1. The van der Waals surface area contributed by atoms with Crippen molar-refractivity contribution in [2.75, 3.05) is 6.54 Å². The van der Waals surface area contributed by atoms with Gasteiger partial charge in [0.15, 0.2) is 0 Å². The topological polar surface area (TPSA) is 63.2 Å². The van der Waals surface area contributed by atoms with Crippen LogP contribution in [-0.2, 0) is 4.74 Å². The smallest absolute Gasteiger partial charge is 0.407 e. The lowest BCUT2D eigenvalue weighted by molar-refractivity contribution is 0.0521. The van der Waals surface area contributed by atoms with Crippen molar-refractivity contribution in [1.29, 1.82) is 0 Å². The van der Waals surface area contributed by atoms with Crippen LogP contribution in [0.5, 0.6) is 0 Å². The first-order valence-electron chi connectivity index (χ1n) is 8.29. The molecule has 0 spiro atoms. The minimum Gasteiger partial charge on any atom is -0.444 e. The zero-order valence-electron chi connectivity index (χ0n) is 15.4. The first-order valence-corrected chi connectivity index (χ1v) is 9.10. The molecule has 2 atom stereocenters. The number of carbonyl (C=O) groups excluding carboxylic acids is 1. The molecule has 5 nitrogen and oxygen atoms in total. The second kappa shape index (κ2) is 8.64. The number of nitrogens with one attached hydrogen (secondary N) is 2. The fraction of sp³-hybridized carbons (Fsp3) is 0.765. The third-order valence-electron chi connectivity index (χ3n) is 3.35. The van der Waals surface area contributed by atoms with Crippen LogP contribution in [0, 0.1) is 13.8 Å². The maximum atomic E-state index is 11.8. The first kappa shape index (κ1) is 19.9. The highest BCUT2D eigenvalue weighted by Gasteiger charge is 2.20. The highest BCUT2D eigenvalue weighted by Crippen LogP contribution is 2.25. The molecule has 0 aliphatic carbocycles. The Morgan fingerprint density at radius 3 is 2.48 bits per heavy atom. The van der Waals surface area contributed by atoms with Crippen molar-refractivity contribution in [3.63, 3.8) is 0 Å². The molecule has 2 N–H and O–H groups in total. The Bertz CT molecular complexity index is 508. The van der Waals surface area contributed by atoms with Crippen molar-refractivity contribution < 1.29 is 9.53 Å². The largest absolute Gasteiger partial charge is 0.444 e. The first-order chi connectivity index (χ1) is 10.6. The molecule has 0 aliphatic rings. The van der Waals surface area contributed by atoms with Crippen LogP contribution < -0.4 is 10.6 Å². The van der Waals surface area contributed by atoms with Gasteiger partial charge in [-0.3, -0.25) is 0 Å². The van der Waals surface area contributed by atoms with E-state index in [1.807, 2.05) is 34.6 Å². The van der Waals surface area contributed by atoms with Gasteiger partial charge in [-0.15, -0.1) is 11.3 Å². The summed E-state index contributed by atoms with van der Waals surface area (Å²) in [4.78, 5) is 17.6. The maximum absolute atomic E-state index is 11.8. The summed E-state index contributed by atoms with van der Waals surface area (Å²) < 4.78 is 5.29. The number of carbonyl (C=O) groups is 1. The third kappa shape index (κ3) is 7.31. The molecule has 1 amide bonds. The number of aromatic nitrogens is 1. The number of ether oxygens (including phenoxy) is 1. The Morgan fingerprint density at radius 1 is 1.35 bits per heavy atom. The average Bonchev–Trinajstić information content (AvgIpc) is 2.73. The Hall–Kier alpha value is -1.14. The van der Waals surface area contributed by atoms with Crippen LogP contribution in [0.2, 0.25) is 0 Å². The average molecular weight is 342 g/mol. The molecule has 0 saturated heterocycles. The van der Waals surface area contributed by atoms with E-state index >= 15 is 0 Å². The van der Waals surface area contributed by atoms with Gasteiger partial charge in [-0.1, -0.05) is 13.3 Å². The molecule has 0 radical (unpaired) electrons. The van der Waals surface area contributed by atoms with Crippen molar-refractivity contribution >= 4 is 17.4 Å². The predicted octanol–water partition coefficient (Wildman–Crippen LogP) is 4.10. The standard InChI is InChI=1S/C17H31N3O2S/c1-8-9-14(10-18-16(21)22-17(5,6)7)20-12(3)15-11(2)19-13(4)23-15/h12,14,20H,8-10H2,1-7H3,(H,18,21). The maximum Gasteiger partial charge on any atom is 0.407 e. The lowest BCUT2D eigenvalue weighted by Crippen LogP contribution is -2.43. The summed E-state index contributed by atoms with van der Waals surface area (Å²) in [6.07, 6.45) is 1.69. The van der Waals surface area contributed by atoms with Gasteiger partial charge in [0.2, 0.25) is 0 Å². The molecule has 0 aliphatic heterocycles. The van der Waals surface area contributed by atoms with E-state index < -0.39 is 5.60 Å². The summed E-state index contributed by atoms with van der Waals surface area (Å²) in [5.41, 5.74) is 0.616. The van der Waals surface area contributed by atoms with Crippen molar-refractivity contribution in [3.8, 4) is 0 Å². The van der Waals surface area contributed by atoms with E-state index in [9.17, 15) is 4.79 Å². The Labute approximate surface area is 144 Å². The summed E-state index contributed by atoms with van der Waals surface area (Å²) in [5, 5.41) is 7.56. The van der Waals surface area contributed by atoms with Gasteiger partial charge >= 0.3 is 6.09 Å². The van der Waals surface area contributed by atoms with Gasteiger partial charge in [-0.05, 0) is 48.0 Å². The molecule has 23 heavy (non-hydrogen) atoms. The number of amides is 1. The predicted molar refractivity (Wildman–Crippen MR) is 96.1 cm³/mol. The van der Waals surface area contributed by atoms with Crippen LogP contribution in [-0.4, -0.2) is 29.3 Å². The molecule has 0 bridgehead atoms. The van der Waals surface area contributed by atoms with Crippen LogP contribution >= 0.6 is 11.3 Å². The Morgan fingerprint density at radius 2 is 2.00 bits per heavy atom. The van der Waals surface area contributed by atoms with Gasteiger partial charge in [-0.2, -0.15) is 0 Å². The van der Waals surface area contributed by atoms with E-state index in [4.69, 9.17) is 4.74 Å². The summed E-state index contributed by atoms with van der Waals surface area (Å²) in [6.45, 7) is 14.5. The van der Waals surface area contributed by atoms with Crippen LogP contribution in [0.25, 0.3) is 0 Å². The van der Waals surface area contributed by atoms with E-state index in [2.05, 4.69) is 29.5 Å². The van der Waals surface area contributed by atoms with Crippen molar-refractivity contribution in [2.45, 2.75) is 79.0 Å². The molecule has 0 aromatic carbocycles. The van der Waals surface area contributed by atoms with Gasteiger partial charge in [0, 0.05) is 23.5 Å². The lowest BCUT2D eigenvalue weighted by Gasteiger charge is -2.25. The fourth-order valence-corrected chi connectivity index (χ4v) is 3.43. The number of thiazole rings is 1. The van der Waals surface area contributed by atoms with Crippen molar-refractivity contribution in [2.24, 2.45) is 0 Å². The van der Waals surface area contributed by atoms with Crippen LogP contribution in [0.15, 0.2) is 0 Å². The number of hydrogen-bond acceptors (Lipinski definition) is 5. The zero-order chi connectivity index (χ0) is 17.6. The quantitative estimate of drug-likeness (QED) is 0.783. The molecule has 1 aromatic rings. The van der Waals surface area contributed by atoms with Crippen LogP contribution in [0.4, 0.5) is 4.79 Å². The Kier molecular flexibility index (Phi) is 7.48. The molecule has 132 valence electrons. The van der Waals surface area contributed by atoms with Gasteiger partial charge in [0.1, 0.15) is 5.60 Å². The highest BCUT2D eigenvalue weighted by molar-refractivity contribution is 7.11. The molecule has 0 fully saturated rings. The monoisotopic (exact) mass is 341 g/mol. The molecule has 1 rings (SSSR count). The van der Waals surface area contributed by atoms with E-state index in [0.717, 1.165) is 23.5 Å². The van der Waals surface area contributed by atoms with Crippen molar-refractivity contribution in [3.05, 3.63) is 15.6 Å². The van der Waals surface area contributed by atoms with E-state index in [-0.39, 0.29) is 18.2 Å². The molecule has 2 unspecified atom stereocenters. The summed E-state index contributed by atoms with van der Waals surface area (Å²) >= 11 is 1.73. The second-order valence-corrected chi connectivity index (χ2v) is 8.17. The number of aryl methyl sites for hydroxylation is 2. The van der Waals surface area contributed by atoms with Gasteiger partial charge in [0.25, 0.3) is 0 Å². The van der Waals surface area contributed by atoms with Crippen molar-refractivity contribution in [1.82, 2.24) is 15.6 Å². The van der Waals surface area contributed by atoms with Crippen LogP contribution in [0.1, 0.15) is 69.1 Å². The van der Waals surface area contributed by atoms with Gasteiger partial charge in [0.05, 0.1) is 10.7 Å². The molecule has 1 aromatic heterocycles. The Balaban J connectivity index is 2.57. The van der Waals surface area contributed by atoms with Gasteiger partial charge in [-0.25, -0.2) is 9.78 Å². The molecular weight excluding hydrogens is 310 g/mol. The molecular formula is C17H31N3O2S. The molecule has 0 saturated carbocycles. The lowest BCUT2D eigenvalue weighted by atomic mass is 10.1. The number of rotatable bonds is 7. The minimum atomic E-state index is -0.470. The fourth-order valence-electron chi connectivity index (χ4n) is 2.49.